The summed E-state index contributed by atoms with van der Waals surface area (Å²) in [7, 11) is 1.52. The fourth-order valence-electron chi connectivity index (χ4n) is 1.34. The molecule has 0 aromatic carbocycles. The Bertz CT molecular complexity index is 319. The lowest BCUT2D eigenvalue weighted by Gasteiger charge is -2.18. The lowest BCUT2D eigenvalue weighted by molar-refractivity contribution is -0.144. The van der Waals surface area contributed by atoms with Gasteiger partial charge in [-0.25, -0.2) is 4.79 Å². The third kappa shape index (κ3) is 8.87. The van der Waals surface area contributed by atoms with Crippen molar-refractivity contribution in [2.45, 2.75) is 26.7 Å². The van der Waals surface area contributed by atoms with E-state index in [0.717, 1.165) is 0 Å². The maximum atomic E-state index is 11.6. The molecule has 2 N–H and O–H groups in total. The van der Waals surface area contributed by atoms with Gasteiger partial charge in [-0.3, -0.25) is 9.59 Å². The van der Waals surface area contributed by atoms with E-state index in [1.807, 2.05) is 6.92 Å². The van der Waals surface area contributed by atoms with Gasteiger partial charge in [-0.2, -0.15) is 0 Å². The molecule has 0 spiro atoms. The van der Waals surface area contributed by atoms with Crippen LogP contribution in [0.3, 0.4) is 0 Å². The summed E-state index contributed by atoms with van der Waals surface area (Å²) in [6.07, 6.45) is 0.148. The van der Waals surface area contributed by atoms with E-state index in [0.29, 0.717) is 13.2 Å². The predicted molar refractivity (Wildman–Crippen MR) is 68.7 cm³/mol. The largest absolute Gasteiger partial charge is 0.481 e. The molecule has 0 radical (unpaired) electrons. The van der Waals surface area contributed by atoms with E-state index in [2.05, 4.69) is 5.32 Å². The number of rotatable bonds is 8. The summed E-state index contributed by atoms with van der Waals surface area (Å²) in [6.45, 7) is 4.40. The zero-order valence-electron chi connectivity index (χ0n) is 11.6. The molecule has 19 heavy (non-hydrogen) atoms. The van der Waals surface area contributed by atoms with E-state index in [1.54, 1.807) is 6.92 Å². The standard InChI is InChI=1S/C12H22N2O5/c1-4-19-11(17)7-9(2)8-13-12(18)14(3)6-5-10(15)16/h9H,4-8H2,1-3H3,(H,13,18)(H,15,16). The van der Waals surface area contributed by atoms with Gasteiger partial charge in [-0.05, 0) is 12.8 Å². The minimum Gasteiger partial charge on any atom is -0.481 e. The summed E-state index contributed by atoms with van der Waals surface area (Å²) in [5.41, 5.74) is 0. The van der Waals surface area contributed by atoms with Crippen LogP contribution in [0, 0.1) is 5.92 Å². The molecule has 0 bridgehead atoms. The molecule has 0 rings (SSSR count). The van der Waals surface area contributed by atoms with Gasteiger partial charge in [0.25, 0.3) is 0 Å². The van der Waals surface area contributed by atoms with Crippen LogP contribution in [0.5, 0.6) is 0 Å². The Balaban J connectivity index is 3.88. The topological polar surface area (TPSA) is 95.9 Å². The summed E-state index contributed by atoms with van der Waals surface area (Å²) in [4.78, 5) is 34.4. The number of carbonyl (C=O) groups is 3. The van der Waals surface area contributed by atoms with Gasteiger partial charge in [0, 0.05) is 26.6 Å². The molecule has 0 aromatic heterocycles. The maximum absolute atomic E-state index is 11.6. The van der Waals surface area contributed by atoms with E-state index in [1.165, 1.54) is 11.9 Å². The second-order valence-corrected chi connectivity index (χ2v) is 4.37. The zero-order chi connectivity index (χ0) is 14.8. The SMILES string of the molecule is CCOC(=O)CC(C)CNC(=O)N(C)CCC(=O)O. The summed E-state index contributed by atoms with van der Waals surface area (Å²) >= 11 is 0. The molecule has 0 aliphatic carbocycles. The lowest BCUT2D eigenvalue weighted by atomic mass is 10.1. The van der Waals surface area contributed by atoms with Crippen molar-refractivity contribution < 1.29 is 24.2 Å². The molecule has 0 aliphatic rings. The van der Waals surface area contributed by atoms with Gasteiger partial charge in [0.15, 0.2) is 0 Å². The lowest BCUT2D eigenvalue weighted by Crippen LogP contribution is -2.40. The zero-order valence-corrected chi connectivity index (χ0v) is 11.6. The molecule has 110 valence electrons. The van der Waals surface area contributed by atoms with Gasteiger partial charge in [-0.15, -0.1) is 0 Å². The summed E-state index contributed by atoms with van der Waals surface area (Å²) in [6, 6.07) is -0.350. The first kappa shape index (κ1) is 17.2. The van der Waals surface area contributed by atoms with Crippen LogP contribution in [0.2, 0.25) is 0 Å². The molecule has 0 aromatic rings. The van der Waals surface area contributed by atoms with Crippen LogP contribution in [0.4, 0.5) is 4.79 Å². The van der Waals surface area contributed by atoms with Crippen molar-refractivity contribution in [1.82, 2.24) is 10.2 Å². The highest BCUT2D eigenvalue weighted by atomic mass is 16.5. The Morgan fingerprint density at radius 3 is 2.53 bits per heavy atom. The van der Waals surface area contributed by atoms with Crippen molar-refractivity contribution in [3.8, 4) is 0 Å². The van der Waals surface area contributed by atoms with Crippen molar-refractivity contribution >= 4 is 18.0 Å². The van der Waals surface area contributed by atoms with Crippen molar-refractivity contribution in [1.29, 1.82) is 0 Å². The van der Waals surface area contributed by atoms with Crippen LogP contribution >= 0.6 is 0 Å². The van der Waals surface area contributed by atoms with Gasteiger partial charge in [0.2, 0.25) is 0 Å². The Labute approximate surface area is 112 Å². The maximum Gasteiger partial charge on any atom is 0.317 e. The van der Waals surface area contributed by atoms with Crippen LogP contribution in [0.1, 0.15) is 26.7 Å². The van der Waals surface area contributed by atoms with Crippen molar-refractivity contribution in [3.05, 3.63) is 0 Å². The predicted octanol–water partition coefficient (Wildman–Crippen LogP) is 0.692. The highest BCUT2D eigenvalue weighted by molar-refractivity contribution is 5.75. The highest BCUT2D eigenvalue weighted by Gasteiger charge is 2.13. The first-order valence-electron chi connectivity index (χ1n) is 6.23. The van der Waals surface area contributed by atoms with E-state index < -0.39 is 5.97 Å². The molecule has 0 aliphatic heterocycles. The molecule has 2 amide bonds. The Kier molecular flexibility index (Phi) is 8.32. The molecule has 1 unspecified atom stereocenters. The van der Waals surface area contributed by atoms with Crippen LogP contribution in [-0.2, 0) is 14.3 Å². The third-order valence-electron chi connectivity index (χ3n) is 2.43. The number of aliphatic carboxylic acids is 1. The number of nitrogens with one attached hydrogen (secondary N) is 1. The summed E-state index contributed by atoms with van der Waals surface area (Å²) in [5, 5.41) is 11.1. The molecular formula is C12H22N2O5. The van der Waals surface area contributed by atoms with Crippen LogP contribution in [0.15, 0.2) is 0 Å². The van der Waals surface area contributed by atoms with Crippen molar-refractivity contribution in [2.75, 3.05) is 26.7 Å². The average molecular weight is 274 g/mol. The molecular weight excluding hydrogens is 252 g/mol. The number of esters is 1. The van der Waals surface area contributed by atoms with Crippen molar-refractivity contribution in [2.24, 2.45) is 5.92 Å². The molecule has 7 heteroatoms. The van der Waals surface area contributed by atoms with Crippen LogP contribution in [0.25, 0.3) is 0 Å². The molecule has 1 atom stereocenters. The van der Waals surface area contributed by atoms with Gasteiger partial charge in [-0.1, -0.05) is 6.92 Å². The number of hydrogen-bond donors (Lipinski definition) is 2. The molecule has 7 nitrogen and oxygen atoms in total. The number of amides is 2. The second-order valence-electron chi connectivity index (χ2n) is 4.37. The van der Waals surface area contributed by atoms with Gasteiger partial charge in [0.05, 0.1) is 13.0 Å². The molecule has 0 saturated carbocycles. The minimum absolute atomic E-state index is 0.0316. The molecule has 0 heterocycles. The number of hydrogen-bond acceptors (Lipinski definition) is 4. The van der Waals surface area contributed by atoms with Crippen LogP contribution in [-0.4, -0.2) is 54.7 Å². The average Bonchev–Trinajstić information content (AvgIpc) is 2.33. The fraction of sp³-hybridized carbons (Fsp3) is 0.750. The monoisotopic (exact) mass is 274 g/mol. The minimum atomic E-state index is -0.949. The van der Waals surface area contributed by atoms with E-state index >= 15 is 0 Å². The molecule has 0 fully saturated rings. The number of ether oxygens (including phenoxy) is 1. The van der Waals surface area contributed by atoms with Gasteiger partial charge >= 0.3 is 18.0 Å². The Hall–Kier alpha value is -1.79. The van der Waals surface area contributed by atoms with Crippen molar-refractivity contribution in [3.63, 3.8) is 0 Å². The number of nitrogens with zero attached hydrogens (tertiary/aromatic N) is 1. The Morgan fingerprint density at radius 2 is 2.00 bits per heavy atom. The number of carbonyl (C=O) groups excluding carboxylic acids is 2. The quantitative estimate of drug-likeness (QED) is 0.635. The fourth-order valence-corrected chi connectivity index (χ4v) is 1.34. The van der Waals surface area contributed by atoms with E-state index in [4.69, 9.17) is 9.84 Å². The number of carboxylic acids is 1. The first-order valence-corrected chi connectivity index (χ1v) is 6.23. The first-order chi connectivity index (χ1) is 8.86. The molecule has 0 saturated heterocycles. The van der Waals surface area contributed by atoms with E-state index in [9.17, 15) is 14.4 Å². The number of carboxylic acid groups (broad SMARTS) is 1. The second kappa shape index (κ2) is 9.18. The highest BCUT2D eigenvalue weighted by Crippen LogP contribution is 2.02. The van der Waals surface area contributed by atoms with Crippen LogP contribution < -0.4 is 5.32 Å². The smallest absolute Gasteiger partial charge is 0.317 e. The summed E-state index contributed by atoms with van der Waals surface area (Å²) in [5.74, 6) is -1.27. The number of urea groups is 1. The van der Waals surface area contributed by atoms with E-state index in [-0.39, 0.29) is 37.3 Å². The van der Waals surface area contributed by atoms with Gasteiger partial charge < -0.3 is 20.1 Å². The van der Waals surface area contributed by atoms with Gasteiger partial charge in [0.1, 0.15) is 0 Å². The summed E-state index contributed by atoms with van der Waals surface area (Å²) < 4.78 is 4.80. The normalized spacial score (nSPS) is 11.5. The Morgan fingerprint density at radius 1 is 1.37 bits per heavy atom. The third-order valence-corrected chi connectivity index (χ3v) is 2.43.